The third-order valence-corrected chi connectivity index (χ3v) is 3.89. The number of hydrogen-bond donors (Lipinski definition) is 0. The molecule has 21 heavy (non-hydrogen) atoms. The van der Waals surface area contributed by atoms with Crippen molar-refractivity contribution in [1.82, 2.24) is 15.0 Å². The number of nitrogens with zero attached hydrogens (tertiary/aromatic N) is 3. The molecular weight excluding hydrogens is 323 g/mol. The number of hydrogen-bond acceptors (Lipinski definition) is 4. The minimum Gasteiger partial charge on any atom is -0.238 e. The van der Waals surface area contributed by atoms with Crippen molar-refractivity contribution < 1.29 is 13.2 Å². The van der Waals surface area contributed by atoms with Crippen molar-refractivity contribution >= 4 is 33.8 Å². The molecule has 3 aromatic rings. The minimum absolute atomic E-state index is 0.106. The van der Waals surface area contributed by atoms with Crippen LogP contribution in [0.1, 0.15) is 10.6 Å². The molecule has 0 fully saturated rings. The molecule has 108 valence electrons. The van der Waals surface area contributed by atoms with Crippen LogP contribution in [0.5, 0.6) is 0 Å². The fourth-order valence-corrected chi connectivity index (χ4v) is 2.68. The average Bonchev–Trinajstić information content (AvgIpc) is 2.83. The van der Waals surface area contributed by atoms with Crippen molar-refractivity contribution in [2.24, 2.45) is 0 Å². The molecule has 0 amide bonds. The summed E-state index contributed by atoms with van der Waals surface area (Å²) in [4.78, 5) is 12.4. The second-order valence-corrected chi connectivity index (χ2v) is 5.74. The van der Waals surface area contributed by atoms with E-state index in [1.807, 2.05) is 6.92 Å². The Hall–Kier alpha value is -1.73. The highest BCUT2D eigenvalue weighted by atomic mass is 35.5. The number of rotatable bonds is 1. The van der Waals surface area contributed by atoms with Gasteiger partial charge in [0.15, 0.2) is 5.82 Å². The molecule has 0 saturated carbocycles. The van der Waals surface area contributed by atoms with Crippen LogP contribution in [0.4, 0.5) is 13.2 Å². The molecule has 2 heterocycles. The monoisotopic (exact) mass is 329 g/mol. The van der Waals surface area contributed by atoms with Crippen molar-refractivity contribution in [3.05, 3.63) is 39.3 Å². The Bertz CT molecular complexity index is 829. The lowest BCUT2D eigenvalue weighted by Gasteiger charge is -2.08. The lowest BCUT2D eigenvalue weighted by atomic mass is 10.1. The van der Waals surface area contributed by atoms with Crippen LogP contribution >= 0.6 is 22.9 Å². The Kier molecular flexibility index (Phi) is 3.33. The van der Waals surface area contributed by atoms with Crippen LogP contribution in [0.2, 0.25) is 5.15 Å². The molecule has 3 rings (SSSR count). The third-order valence-electron chi connectivity index (χ3n) is 2.83. The van der Waals surface area contributed by atoms with E-state index in [0.717, 1.165) is 17.1 Å². The maximum absolute atomic E-state index is 12.8. The van der Waals surface area contributed by atoms with Crippen molar-refractivity contribution in [2.45, 2.75) is 13.1 Å². The molecule has 3 nitrogen and oxygen atoms in total. The molecule has 1 aromatic carbocycles. The molecule has 0 saturated heterocycles. The summed E-state index contributed by atoms with van der Waals surface area (Å²) in [5, 5.41) is 3.03. The molecule has 0 spiro atoms. The fraction of sp³-hybridized carbons (Fsp3) is 0.154. The second-order valence-electron chi connectivity index (χ2n) is 4.32. The van der Waals surface area contributed by atoms with Crippen LogP contribution in [0.25, 0.3) is 22.4 Å². The van der Waals surface area contributed by atoms with Gasteiger partial charge >= 0.3 is 6.18 Å². The lowest BCUT2D eigenvalue weighted by molar-refractivity contribution is -0.137. The number of fused-ring (bicyclic) bond motifs is 1. The molecule has 8 heteroatoms. The van der Waals surface area contributed by atoms with E-state index in [-0.39, 0.29) is 16.5 Å². The summed E-state index contributed by atoms with van der Waals surface area (Å²) < 4.78 is 38.3. The number of thiazole rings is 1. The molecule has 0 N–H and O–H groups in total. The molecule has 0 atom stereocenters. The first-order valence-corrected chi connectivity index (χ1v) is 7.07. The van der Waals surface area contributed by atoms with Gasteiger partial charge in [-0.15, -0.1) is 11.3 Å². The summed E-state index contributed by atoms with van der Waals surface area (Å²) in [6, 6.07) is 3.20. The number of aromatic nitrogens is 3. The highest BCUT2D eigenvalue weighted by Crippen LogP contribution is 2.33. The van der Waals surface area contributed by atoms with Crippen LogP contribution in [-0.2, 0) is 6.18 Å². The van der Waals surface area contributed by atoms with Gasteiger partial charge in [0.1, 0.15) is 10.8 Å². The molecule has 0 bridgehead atoms. The number of benzene rings is 1. The maximum atomic E-state index is 12.8. The summed E-state index contributed by atoms with van der Waals surface area (Å²) in [6.45, 7) is 1.82. The van der Waals surface area contributed by atoms with Gasteiger partial charge in [-0.05, 0) is 25.1 Å². The zero-order valence-corrected chi connectivity index (χ0v) is 12.1. The average molecular weight is 330 g/mol. The van der Waals surface area contributed by atoms with E-state index >= 15 is 0 Å². The van der Waals surface area contributed by atoms with Gasteiger partial charge in [-0.3, -0.25) is 0 Å². The van der Waals surface area contributed by atoms with E-state index < -0.39 is 11.7 Å². The van der Waals surface area contributed by atoms with Crippen molar-refractivity contribution in [3.8, 4) is 11.5 Å². The smallest absolute Gasteiger partial charge is 0.238 e. The number of aryl methyl sites for hydroxylation is 1. The van der Waals surface area contributed by atoms with E-state index in [2.05, 4.69) is 15.0 Å². The van der Waals surface area contributed by atoms with Crippen molar-refractivity contribution in [3.63, 3.8) is 0 Å². The zero-order chi connectivity index (χ0) is 15.2. The van der Waals surface area contributed by atoms with Crippen molar-refractivity contribution in [1.29, 1.82) is 0 Å². The third kappa shape index (κ3) is 2.71. The Morgan fingerprint density at radius 2 is 1.90 bits per heavy atom. The molecule has 0 aliphatic carbocycles. The molecule has 0 aliphatic heterocycles. The molecule has 2 aromatic heterocycles. The molecule has 0 unspecified atom stereocenters. The van der Waals surface area contributed by atoms with Crippen molar-refractivity contribution in [2.75, 3.05) is 0 Å². The van der Waals surface area contributed by atoms with E-state index in [4.69, 9.17) is 11.6 Å². The summed E-state index contributed by atoms with van der Waals surface area (Å²) in [6.07, 6.45) is -4.43. The SMILES string of the molecule is Cc1nc(-c2nc(Cl)c3ccc(C(F)(F)F)cc3n2)cs1. The van der Waals surface area contributed by atoms with Crippen LogP contribution in [0, 0.1) is 6.92 Å². The molecular formula is C13H7ClF3N3S. The predicted octanol–water partition coefficient (Wildman–Crippen LogP) is 4.73. The maximum Gasteiger partial charge on any atom is 0.416 e. The first kappa shape index (κ1) is 14.2. The van der Waals surface area contributed by atoms with Crippen LogP contribution < -0.4 is 0 Å². The van der Waals surface area contributed by atoms with Crippen LogP contribution in [-0.4, -0.2) is 15.0 Å². The summed E-state index contributed by atoms with van der Waals surface area (Å²) in [7, 11) is 0. The van der Waals surface area contributed by atoms with Crippen LogP contribution in [0.15, 0.2) is 23.6 Å². The Labute approximate surface area is 126 Å². The lowest BCUT2D eigenvalue weighted by Crippen LogP contribution is -2.05. The highest BCUT2D eigenvalue weighted by molar-refractivity contribution is 7.09. The fourth-order valence-electron chi connectivity index (χ4n) is 1.85. The minimum atomic E-state index is -4.43. The van der Waals surface area contributed by atoms with Gasteiger partial charge in [-0.25, -0.2) is 15.0 Å². The number of alkyl halides is 3. The molecule has 0 aliphatic rings. The second kappa shape index (κ2) is 4.92. The quantitative estimate of drug-likeness (QED) is 0.606. The molecule has 0 radical (unpaired) electrons. The number of halogens is 4. The Morgan fingerprint density at radius 1 is 1.14 bits per heavy atom. The van der Waals surface area contributed by atoms with E-state index in [0.29, 0.717) is 11.1 Å². The first-order valence-electron chi connectivity index (χ1n) is 5.81. The Balaban J connectivity index is 2.21. The zero-order valence-electron chi connectivity index (χ0n) is 10.6. The summed E-state index contributed by atoms with van der Waals surface area (Å²) in [5.74, 6) is 0.219. The standard InChI is InChI=1S/C13H7ClF3N3S/c1-6-18-10(5-21-6)12-19-9-4-7(13(15,16)17)2-3-8(9)11(14)20-12/h2-5H,1H3. The van der Waals surface area contributed by atoms with E-state index in [1.54, 1.807) is 5.38 Å². The topological polar surface area (TPSA) is 38.7 Å². The highest BCUT2D eigenvalue weighted by Gasteiger charge is 2.30. The largest absolute Gasteiger partial charge is 0.416 e. The Morgan fingerprint density at radius 3 is 2.52 bits per heavy atom. The van der Waals surface area contributed by atoms with Gasteiger partial charge in [-0.1, -0.05) is 11.6 Å². The van der Waals surface area contributed by atoms with Gasteiger partial charge in [-0.2, -0.15) is 13.2 Å². The van der Waals surface area contributed by atoms with Gasteiger partial charge in [0.05, 0.1) is 16.1 Å². The summed E-state index contributed by atoms with van der Waals surface area (Å²) >= 11 is 7.43. The van der Waals surface area contributed by atoms with Gasteiger partial charge in [0.25, 0.3) is 0 Å². The normalized spacial score (nSPS) is 12.0. The predicted molar refractivity (Wildman–Crippen MR) is 75.4 cm³/mol. The van der Waals surface area contributed by atoms with Gasteiger partial charge in [0, 0.05) is 10.8 Å². The van der Waals surface area contributed by atoms with E-state index in [9.17, 15) is 13.2 Å². The van der Waals surface area contributed by atoms with Gasteiger partial charge < -0.3 is 0 Å². The van der Waals surface area contributed by atoms with Gasteiger partial charge in [0.2, 0.25) is 0 Å². The first-order chi connectivity index (χ1) is 9.84. The van der Waals surface area contributed by atoms with Crippen LogP contribution in [0.3, 0.4) is 0 Å². The summed E-state index contributed by atoms with van der Waals surface area (Å²) in [5.41, 5.74) is -0.130. The van der Waals surface area contributed by atoms with E-state index in [1.165, 1.54) is 17.4 Å².